The maximum absolute atomic E-state index is 12.5. The minimum Gasteiger partial charge on any atom is -0.448 e. The number of aryl methyl sites for hydroxylation is 1. The second-order valence-electron chi connectivity index (χ2n) is 5.99. The summed E-state index contributed by atoms with van der Waals surface area (Å²) >= 11 is 0. The number of anilines is 1. The molecule has 0 spiro atoms. The molecule has 0 bridgehead atoms. The van der Waals surface area contributed by atoms with Gasteiger partial charge in [0.25, 0.3) is 5.91 Å². The molecule has 2 rings (SSSR count). The molecule has 0 aliphatic rings. The van der Waals surface area contributed by atoms with Crippen molar-refractivity contribution in [3.8, 4) is 11.8 Å². The van der Waals surface area contributed by atoms with Crippen molar-refractivity contribution in [2.45, 2.75) is 26.6 Å². The Morgan fingerprint density at radius 3 is 2.41 bits per heavy atom. The van der Waals surface area contributed by atoms with E-state index in [9.17, 15) is 23.6 Å². The van der Waals surface area contributed by atoms with Crippen molar-refractivity contribution in [2.24, 2.45) is 0 Å². The molecule has 0 fully saturated rings. The molecule has 29 heavy (non-hydrogen) atoms. The van der Waals surface area contributed by atoms with E-state index in [-0.39, 0.29) is 17.0 Å². The van der Waals surface area contributed by atoms with Gasteiger partial charge < -0.3 is 14.8 Å². The van der Waals surface area contributed by atoms with Crippen molar-refractivity contribution in [1.82, 2.24) is 0 Å². The number of carbonyl (C=O) groups excluding carboxylic acids is 2. The number of ether oxygens (including phenoxy) is 2. The van der Waals surface area contributed by atoms with Crippen molar-refractivity contribution in [3.63, 3.8) is 0 Å². The summed E-state index contributed by atoms with van der Waals surface area (Å²) in [6.45, 7) is 0.135. The van der Waals surface area contributed by atoms with Crippen LogP contribution in [0.4, 0.5) is 14.5 Å². The van der Waals surface area contributed by atoms with E-state index in [2.05, 4.69) is 10.1 Å². The third-order valence-electron chi connectivity index (χ3n) is 3.74. The first kappa shape index (κ1) is 21.6. The van der Waals surface area contributed by atoms with Crippen LogP contribution in [-0.2, 0) is 14.3 Å². The highest BCUT2D eigenvalue weighted by Crippen LogP contribution is 2.25. The SMILES string of the molecule is Cc1ccc(/C=C(\C#N)C(=O)O[C@H](C)C(=O)Nc2ccccc2OC(F)F)cc1. The van der Waals surface area contributed by atoms with Crippen LogP contribution in [0.5, 0.6) is 5.75 Å². The number of halogens is 2. The number of benzene rings is 2. The number of alkyl halides is 2. The monoisotopic (exact) mass is 400 g/mol. The molecule has 8 heteroatoms. The number of nitriles is 1. The smallest absolute Gasteiger partial charge is 0.387 e. The van der Waals surface area contributed by atoms with Gasteiger partial charge in [-0.15, -0.1) is 0 Å². The first-order chi connectivity index (χ1) is 13.8. The van der Waals surface area contributed by atoms with Gasteiger partial charge in [-0.2, -0.15) is 14.0 Å². The van der Waals surface area contributed by atoms with Gasteiger partial charge in [0.15, 0.2) is 6.10 Å². The lowest BCUT2D eigenvalue weighted by atomic mass is 10.1. The second kappa shape index (κ2) is 9.99. The number of amides is 1. The van der Waals surface area contributed by atoms with Crippen LogP contribution in [0, 0.1) is 18.3 Å². The molecule has 1 atom stereocenters. The number of rotatable bonds is 7. The third kappa shape index (κ3) is 6.43. The average Bonchev–Trinajstić information content (AvgIpc) is 2.68. The maximum atomic E-state index is 12.5. The normalized spacial score (nSPS) is 12.1. The molecule has 0 radical (unpaired) electrons. The molecule has 150 valence electrons. The molecular weight excluding hydrogens is 382 g/mol. The topological polar surface area (TPSA) is 88.4 Å². The molecule has 0 heterocycles. The van der Waals surface area contributed by atoms with Gasteiger partial charge in [-0.05, 0) is 37.6 Å². The van der Waals surface area contributed by atoms with Gasteiger partial charge in [0, 0.05) is 0 Å². The molecule has 2 aromatic rings. The molecule has 0 aliphatic carbocycles. The highest BCUT2D eigenvalue weighted by molar-refractivity contribution is 6.01. The molecule has 6 nitrogen and oxygen atoms in total. The van der Waals surface area contributed by atoms with Gasteiger partial charge in [-0.1, -0.05) is 42.0 Å². The van der Waals surface area contributed by atoms with E-state index in [0.29, 0.717) is 5.56 Å². The molecule has 0 saturated heterocycles. The van der Waals surface area contributed by atoms with Crippen LogP contribution >= 0.6 is 0 Å². The zero-order valence-corrected chi connectivity index (χ0v) is 15.7. The van der Waals surface area contributed by atoms with Crippen LogP contribution in [0.1, 0.15) is 18.1 Å². The number of para-hydroxylation sites is 2. The Labute approximate surface area is 166 Å². The van der Waals surface area contributed by atoms with Gasteiger partial charge in [0.1, 0.15) is 17.4 Å². The van der Waals surface area contributed by atoms with Gasteiger partial charge >= 0.3 is 12.6 Å². The zero-order chi connectivity index (χ0) is 21.4. The summed E-state index contributed by atoms with van der Waals surface area (Å²) in [5.74, 6) is -1.98. The molecule has 2 aromatic carbocycles. The number of esters is 1. The van der Waals surface area contributed by atoms with Crippen molar-refractivity contribution in [3.05, 3.63) is 65.2 Å². The van der Waals surface area contributed by atoms with Crippen LogP contribution < -0.4 is 10.1 Å². The van der Waals surface area contributed by atoms with Crippen molar-refractivity contribution in [1.29, 1.82) is 5.26 Å². The number of nitrogens with one attached hydrogen (secondary N) is 1. The predicted octanol–water partition coefficient (Wildman–Crippen LogP) is 4.07. The Hall–Kier alpha value is -3.73. The first-order valence-corrected chi connectivity index (χ1v) is 8.54. The fourth-order valence-electron chi connectivity index (χ4n) is 2.25. The van der Waals surface area contributed by atoms with E-state index in [4.69, 9.17) is 4.74 Å². The summed E-state index contributed by atoms with van der Waals surface area (Å²) in [6, 6.07) is 14.5. The zero-order valence-electron chi connectivity index (χ0n) is 15.7. The minimum atomic E-state index is -3.06. The first-order valence-electron chi connectivity index (χ1n) is 8.54. The van der Waals surface area contributed by atoms with Gasteiger partial charge in [0.2, 0.25) is 0 Å². The Balaban J connectivity index is 2.06. The Kier molecular flexibility index (Phi) is 7.43. The third-order valence-corrected chi connectivity index (χ3v) is 3.74. The number of nitrogens with zero attached hydrogens (tertiary/aromatic N) is 1. The fourth-order valence-corrected chi connectivity index (χ4v) is 2.25. The standard InChI is InChI=1S/C21H18F2N2O4/c1-13-7-9-15(10-8-13)11-16(12-24)20(27)28-14(2)19(26)25-17-5-3-4-6-18(17)29-21(22)23/h3-11,14,21H,1-2H3,(H,25,26)/b16-11+/t14-/m1/s1. The van der Waals surface area contributed by atoms with Crippen LogP contribution in [0.2, 0.25) is 0 Å². The summed E-state index contributed by atoms with van der Waals surface area (Å²) in [7, 11) is 0. The fraction of sp³-hybridized carbons (Fsp3) is 0.190. The van der Waals surface area contributed by atoms with E-state index in [0.717, 1.165) is 5.56 Å². The summed E-state index contributed by atoms with van der Waals surface area (Å²) < 4.78 is 34.3. The predicted molar refractivity (Wildman–Crippen MR) is 102 cm³/mol. The summed E-state index contributed by atoms with van der Waals surface area (Å²) in [6.07, 6.45) is 0.0647. The van der Waals surface area contributed by atoms with Crippen molar-refractivity contribution < 1.29 is 27.8 Å². The molecular formula is C21H18F2N2O4. The number of carbonyl (C=O) groups is 2. The molecule has 0 unspecified atom stereocenters. The lowest BCUT2D eigenvalue weighted by Crippen LogP contribution is -2.30. The van der Waals surface area contributed by atoms with E-state index in [1.807, 2.05) is 19.1 Å². The van der Waals surface area contributed by atoms with Crippen LogP contribution in [0.15, 0.2) is 54.1 Å². The summed E-state index contributed by atoms with van der Waals surface area (Å²) in [4.78, 5) is 24.5. The van der Waals surface area contributed by atoms with Crippen LogP contribution in [0.3, 0.4) is 0 Å². The number of hydrogen-bond donors (Lipinski definition) is 1. The highest BCUT2D eigenvalue weighted by atomic mass is 19.3. The van der Waals surface area contributed by atoms with Gasteiger partial charge in [-0.25, -0.2) is 4.79 Å². The van der Waals surface area contributed by atoms with E-state index < -0.39 is 24.6 Å². The molecule has 1 amide bonds. The van der Waals surface area contributed by atoms with E-state index in [1.54, 1.807) is 18.2 Å². The Bertz CT molecular complexity index is 950. The Morgan fingerprint density at radius 1 is 1.14 bits per heavy atom. The Morgan fingerprint density at radius 2 is 1.79 bits per heavy atom. The number of hydrogen-bond acceptors (Lipinski definition) is 5. The lowest BCUT2D eigenvalue weighted by Gasteiger charge is -2.15. The van der Waals surface area contributed by atoms with Crippen LogP contribution in [0.25, 0.3) is 6.08 Å². The van der Waals surface area contributed by atoms with Crippen molar-refractivity contribution >= 4 is 23.6 Å². The van der Waals surface area contributed by atoms with Crippen molar-refractivity contribution in [2.75, 3.05) is 5.32 Å². The summed E-state index contributed by atoms with van der Waals surface area (Å²) in [5.41, 5.74) is 1.36. The average molecular weight is 400 g/mol. The molecule has 0 saturated carbocycles. The van der Waals surface area contributed by atoms with Gasteiger partial charge in [-0.3, -0.25) is 4.79 Å². The molecule has 0 aliphatic heterocycles. The second-order valence-corrected chi connectivity index (χ2v) is 5.99. The highest BCUT2D eigenvalue weighted by Gasteiger charge is 2.22. The lowest BCUT2D eigenvalue weighted by molar-refractivity contribution is -0.148. The summed E-state index contributed by atoms with van der Waals surface area (Å²) in [5, 5.41) is 11.6. The largest absolute Gasteiger partial charge is 0.448 e. The van der Waals surface area contributed by atoms with Crippen LogP contribution in [-0.4, -0.2) is 24.6 Å². The quantitative estimate of drug-likeness (QED) is 0.430. The van der Waals surface area contributed by atoms with Gasteiger partial charge in [0.05, 0.1) is 5.69 Å². The minimum absolute atomic E-state index is 0.00333. The van der Waals surface area contributed by atoms with E-state index >= 15 is 0 Å². The molecule has 0 aromatic heterocycles. The molecule has 1 N–H and O–H groups in total. The maximum Gasteiger partial charge on any atom is 0.387 e. The van der Waals surface area contributed by atoms with E-state index in [1.165, 1.54) is 37.3 Å².